The van der Waals surface area contributed by atoms with Crippen LogP contribution in [0.3, 0.4) is 0 Å². The quantitative estimate of drug-likeness (QED) is 0.107. The molecule has 0 aromatic heterocycles. The molecule has 0 heterocycles. The highest BCUT2D eigenvalue weighted by Gasteiger charge is 2.17. The maximum Gasteiger partial charge on any atom is 0.407 e. The Balaban J connectivity index is 1.33. The van der Waals surface area contributed by atoms with Crippen LogP contribution in [0.4, 0.5) is 30.6 Å². The fourth-order valence-corrected chi connectivity index (χ4v) is 4.41. The fraction of sp³-hybridized carbons (Fsp3) is 0.368. The Bertz CT molecular complexity index is 1600. The van der Waals surface area contributed by atoms with Gasteiger partial charge in [-0.3, -0.25) is 9.59 Å². The number of carbonyl (C=O) groups excluding carboxylic acids is 6. The number of amides is 8. The average molecular weight is 747 g/mol. The molecule has 0 spiro atoms. The van der Waals surface area contributed by atoms with Crippen LogP contribution in [-0.2, 0) is 22.6 Å². The Kier molecular flexibility index (Phi) is 15.6. The van der Waals surface area contributed by atoms with Crippen molar-refractivity contribution in [3.8, 4) is 0 Å². The minimum Gasteiger partial charge on any atom is -0.444 e. The molecule has 3 rings (SSSR count). The van der Waals surface area contributed by atoms with Gasteiger partial charge in [-0.15, -0.1) is 0 Å². The van der Waals surface area contributed by atoms with Gasteiger partial charge in [-0.05, 0) is 101 Å². The van der Waals surface area contributed by atoms with Crippen molar-refractivity contribution in [2.45, 2.75) is 65.8 Å². The number of hydrogen-bond acceptors (Lipinski definition) is 8. The van der Waals surface area contributed by atoms with Crippen molar-refractivity contribution in [3.63, 3.8) is 0 Å². The number of hydrogen-bond donors (Lipinski definition) is 8. The molecule has 3 aromatic rings. The third-order valence-electron chi connectivity index (χ3n) is 6.90. The molecule has 0 fully saturated rings. The lowest BCUT2D eigenvalue weighted by Crippen LogP contribution is -2.39. The molecule has 0 bridgehead atoms. The van der Waals surface area contributed by atoms with E-state index in [0.717, 1.165) is 11.1 Å². The molecule has 16 heteroatoms. The minimum atomic E-state index is -0.605. The molecule has 0 aliphatic carbocycles. The van der Waals surface area contributed by atoms with Crippen molar-refractivity contribution >= 4 is 47.4 Å². The van der Waals surface area contributed by atoms with E-state index >= 15 is 0 Å². The summed E-state index contributed by atoms with van der Waals surface area (Å²) in [6.45, 7) is 11.9. The molecule has 0 aliphatic heterocycles. The zero-order chi connectivity index (χ0) is 39.7. The molecular formula is C38H50N8O8. The minimum absolute atomic E-state index is 0.206. The van der Waals surface area contributed by atoms with E-state index in [2.05, 4.69) is 42.5 Å². The molecular weight excluding hydrogens is 696 g/mol. The number of benzene rings is 3. The molecule has 16 nitrogen and oxygen atoms in total. The molecule has 8 N–H and O–H groups in total. The first-order valence-electron chi connectivity index (χ1n) is 17.3. The predicted molar refractivity (Wildman–Crippen MR) is 204 cm³/mol. The van der Waals surface area contributed by atoms with Crippen molar-refractivity contribution in [1.29, 1.82) is 0 Å². The molecule has 3 aromatic carbocycles. The largest absolute Gasteiger partial charge is 0.444 e. The normalized spacial score (nSPS) is 10.9. The van der Waals surface area contributed by atoms with E-state index in [1.807, 2.05) is 0 Å². The van der Waals surface area contributed by atoms with Crippen molar-refractivity contribution < 1.29 is 38.2 Å². The first kappa shape index (κ1) is 42.1. The van der Waals surface area contributed by atoms with Crippen LogP contribution < -0.4 is 42.5 Å². The van der Waals surface area contributed by atoms with E-state index in [9.17, 15) is 28.8 Å². The lowest BCUT2D eigenvalue weighted by molar-refractivity contribution is 0.0517. The van der Waals surface area contributed by atoms with Crippen LogP contribution in [0.2, 0.25) is 0 Å². The smallest absolute Gasteiger partial charge is 0.407 e. The number of anilines is 2. The van der Waals surface area contributed by atoms with Crippen LogP contribution in [0.5, 0.6) is 0 Å². The number of ether oxygens (including phenoxy) is 2. The maximum atomic E-state index is 12.7. The van der Waals surface area contributed by atoms with E-state index in [0.29, 0.717) is 22.5 Å². The second-order valence-electron chi connectivity index (χ2n) is 14.0. The van der Waals surface area contributed by atoms with Gasteiger partial charge >= 0.3 is 24.2 Å². The van der Waals surface area contributed by atoms with Crippen LogP contribution in [0.1, 0.15) is 73.4 Å². The molecule has 54 heavy (non-hydrogen) atoms. The maximum absolute atomic E-state index is 12.7. The third-order valence-corrected chi connectivity index (χ3v) is 6.90. The van der Waals surface area contributed by atoms with Crippen molar-refractivity contribution in [3.05, 3.63) is 95.1 Å². The van der Waals surface area contributed by atoms with E-state index in [1.165, 1.54) is 0 Å². The first-order valence-corrected chi connectivity index (χ1v) is 17.3. The molecule has 0 aliphatic rings. The Morgan fingerprint density at radius 1 is 0.444 bits per heavy atom. The van der Waals surface area contributed by atoms with E-state index < -0.39 is 35.5 Å². The number of nitrogens with one attached hydrogen (secondary N) is 8. The van der Waals surface area contributed by atoms with Crippen LogP contribution in [0, 0.1) is 0 Å². The second-order valence-corrected chi connectivity index (χ2v) is 14.0. The molecule has 290 valence electrons. The van der Waals surface area contributed by atoms with Gasteiger partial charge in [0.15, 0.2) is 0 Å². The van der Waals surface area contributed by atoms with Gasteiger partial charge in [0.05, 0.1) is 0 Å². The van der Waals surface area contributed by atoms with Gasteiger partial charge in [-0.1, -0.05) is 24.3 Å². The van der Waals surface area contributed by atoms with Crippen LogP contribution in [0.15, 0.2) is 72.8 Å². The molecule has 0 saturated carbocycles. The molecule has 0 radical (unpaired) electrons. The van der Waals surface area contributed by atoms with Crippen molar-refractivity contribution in [1.82, 2.24) is 31.9 Å². The number of rotatable bonds is 14. The Morgan fingerprint density at radius 3 is 1.07 bits per heavy atom. The summed E-state index contributed by atoms with van der Waals surface area (Å²) in [5, 5.41) is 21.5. The summed E-state index contributed by atoms with van der Waals surface area (Å²) in [6, 6.07) is 19.3. The molecule has 0 saturated heterocycles. The Labute approximate surface area is 314 Å². The highest BCUT2D eigenvalue weighted by molar-refractivity contribution is 5.98. The molecule has 0 unspecified atom stereocenters. The SMILES string of the molecule is CC(C)(C)OC(=O)NCCNC(=O)Nc1ccc(CNC(=O)c2ccc(C(=O)NCc3ccc(NC(=O)NCCNC(=O)OC(C)(C)C)cc3)cc2)cc1. The number of alkyl carbamates (subject to hydrolysis) is 2. The monoisotopic (exact) mass is 746 g/mol. The van der Waals surface area contributed by atoms with Gasteiger partial charge in [0.1, 0.15) is 11.2 Å². The van der Waals surface area contributed by atoms with Gasteiger partial charge in [-0.2, -0.15) is 0 Å². The first-order chi connectivity index (χ1) is 25.5. The summed E-state index contributed by atoms with van der Waals surface area (Å²) in [5.41, 5.74) is 2.27. The Hall–Kier alpha value is -6.32. The topological polar surface area (TPSA) is 217 Å². The van der Waals surface area contributed by atoms with E-state index in [-0.39, 0.29) is 51.1 Å². The summed E-state index contributed by atoms with van der Waals surface area (Å²) >= 11 is 0. The van der Waals surface area contributed by atoms with Gasteiger partial charge < -0.3 is 52.0 Å². The van der Waals surface area contributed by atoms with Gasteiger partial charge in [0, 0.05) is 61.8 Å². The highest BCUT2D eigenvalue weighted by Crippen LogP contribution is 2.12. The summed E-state index contributed by atoms with van der Waals surface area (Å²) in [6.07, 6.45) is -1.12. The van der Waals surface area contributed by atoms with Crippen LogP contribution in [0.25, 0.3) is 0 Å². The third kappa shape index (κ3) is 16.8. The summed E-state index contributed by atoms with van der Waals surface area (Å²) < 4.78 is 10.3. The van der Waals surface area contributed by atoms with Gasteiger partial charge in [0.2, 0.25) is 0 Å². The van der Waals surface area contributed by atoms with Gasteiger partial charge in [0.25, 0.3) is 11.8 Å². The predicted octanol–water partition coefficient (Wildman–Crippen LogP) is 4.84. The fourth-order valence-electron chi connectivity index (χ4n) is 4.41. The van der Waals surface area contributed by atoms with Gasteiger partial charge in [-0.25, -0.2) is 19.2 Å². The van der Waals surface area contributed by atoms with Crippen molar-refractivity contribution in [2.24, 2.45) is 0 Å². The highest BCUT2D eigenvalue weighted by atomic mass is 16.6. The number of urea groups is 2. The standard InChI is InChI=1S/C38H50N8O8/c1-37(2,3)53-35(51)41-21-19-39-33(49)45-29-15-7-25(8-16-29)23-43-31(47)27-11-13-28(14-12-27)32(48)44-24-26-9-17-30(18-10-26)46-34(50)40-20-22-42-36(52)54-38(4,5)6/h7-18H,19-24H2,1-6H3,(H,41,51)(H,42,52)(H,43,47)(H,44,48)(H2,39,45,49)(H2,40,46,50). The summed E-state index contributed by atoms with van der Waals surface area (Å²) in [5.74, 6) is -0.633. The van der Waals surface area contributed by atoms with E-state index in [4.69, 9.17) is 9.47 Å². The molecule has 8 amide bonds. The lowest BCUT2D eigenvalue weighted by Gasteiger charge is -2.19. The summed E-state index contributed by atoms with van der Waals surface area (Å²) in [4.78, 5) is 73.1. The second kappa shape index (κ2) is 20.1. The molecule has 0 atom stereocenters. The zero-order valence-corrected chi connectivity index (χ0v) is 31.4. The van der Waals surface area contributed by atoms with Crippen molar-refractivity contribution in [2.75, 3.05) is 36.8 Å². The Morgan fingerprint density at radius 2 is 0.759 bits per heavy atom. The lowest BCUT2D eigenvalue weighted by atomic mass is 10.1. The summed E-state index contributed by atoms with van der Waals surface area (Å²) in [7, 11) is 0. The zero-order valence-electron chi connectivity index (χ0n) is 31.4. The average Bonchev–Trinajstić information content (AvgIpc) is 3.09. The van der Waals surface area contributed by atoms with Crippen LogP contribution in [-0.4, -0.2) is 73.4 Å². The van der Waals surface area contributed by atoms with E-state index in [1.54, 1.807) is 114 Å². The van der Waals surface area contributed by atoms with Crippen LogP contribution >= 0.6 is 0 Å². The number of carbonyl (C=O) groups is 6.